The van der Waals surface area contributed by atoms with E-state index in [1.165, 1.54) is 12.1 Å². The number of carbonyl (C=O) groups excluding carboxylic acids is 1. The maximum Gasteiger partial charge on any atom is 0.336 e. The highest BCUT2D eigenvalue weighted by molar-refractivity contribution is 6.11. The van der Waals surface area contributed by atoms with Gasteiger partial charge in [-0.1, -0.05) is 6.58 Å². The third kappa shape index (κ3) is 2.22. The van der Waals surface area contributed by atoms with Gasteiger partial charge in [-0.2, -0.15) is 0 Å². The lowest BCUT2D eigenvalue weighted by molar-refractivity contribution is 0.0693. The molecule has 0 fully saturated rings. The first kappa shape index (κ1) is 11.0. The van der Waals surface area contributed by atoms with Gasteiger partial charge in [-0.05, 0) is 24.3 Å². The highest BCUT2D eigenvalue weighted by Gasteiger charge is 2.14. The monoisotopic (exact) mass is 205 g/mol. The summed E-state index contributed by atoms with van der Waals surface area (Å²) < 4.78 is 0. The Hall–Kier alpha value is -2.10. The fourth-order valence-corrected chi connectivity index (χ4v) is 1.20. The topological polar surface area (TPSA) is 66.4 Å². The molecule has 4 nitrogen and oxygen atoms in total. The molecular formula is C11H11NO3. The molecule has 0 saturated carbocycles. The summed E-state index contributed by atoms with van der Waals surface area (Å²) in [5.41, 5.74) is 0.813. The second kappa shape index (κ2) is 4.41. The summed E-state index contributed by atoms with van der Waals surface area (Å²) in [6.45, 7) is 3.33. The number of carboxylic acid groups (broad SMARTS) is 1. The van der Waals surface area contributed by atoms with Crippen LogP contribution in [-0.4, -0.2) is 23.9 Å². The van der Waals surface area contributed by atoms with Crippen molar-refractivity contribution in [2.45, 2.75) is 0 Å². The van der Waals surface area contributed by atoms with Crippen LogP contribution in [0, 0.1) is 0 Å². The van der Waals surface area contributed by atoms with Crippen molar-refractivity contribution in [2.24, 2.45) is 0 Å². The first-order valence-electron chi connectivity index (χ1n) is 4.32. The molecule has 0 aliphatic carbocycles. The maximum atomic E-state index is 11.4. The van der Waals surface area contributed by atoms with Crippen molar-refractivity contribution in [2.75, 3.05) is 12.4 Å². The Morgan fingerprint density at radius 2 is 2.07 bits per heavy atom. The molecule has 1 aromatic carbocycles. The number of benzene rings is 1. The molecule has 0 spiro atoms. The number of hydrogen-bond acceptors (Lipinski definition) is 3. The van der Waals surface area contributed by atoms with Crippen LogP contribution in [0.3, 0.4) is 0 Å². The van der Waals surface area contributed by atoms with Gasteiger partial charge in [0, 0.05) is 18.3 Å². The normalized spacial score (nSPS) is 9.40. The SMILES string of the molecule is C=CC(=O)c1cc(NC)ccc1C(=O)O. The second-order valence-corrected chi connectivity index (χ2v) is 2.88. The first-order chi connectivity index (χ1) is 7.10. The van der Waals surface area contributed by atoms with Gasteiger partial charge in [0.1, 0.15) is 0 Å². The van der Waals surface area contributed by atoms with Crippen molar-refractivity contribution >= 4 is 17.4 Å². The molecule has 0 aromatic heterocycles. The van der Waals surface area contributed by atoms with Crippen LogP contribution >= 0.6 is 0 Å². The molecule has 1 aromatic rings. The fraction of sp³-hybridized carbons (Fsp3) is 0.0909. The van der Waals surface area contributed by atoms with Crippen LogP contribution in [0.5, 0.6) is 0 Å². The molecule has 1 rings (SSSR count). The van der Waals surface area contributed by atoms with Crippen LogP contribution < -0.4 is 5.32 Å². The highest BCUT2D eigenvalue weighted by Crippen LogP contribution is 2.16. The average Bonchev–Trinajstić information content (AvgIpc) is 2.26. The number of ketones is 1. The van der Waals surface area contributed by atoms with Crippen molar-refractivity contribution in [3.8, 4) is 0 Å². The molecule has 4 heteroatoms. The number of allylic oxidation sites excluding steroid dienone is 1. The largest absolute Gasteiger partial charge is 0.478 e. The highest BCUT2D eigenvalue weighted by atomic mass is 16.4. The molecule has 15 heavy (non-hydrogen) atoms. The van der Waals surface area contributed by atoms with Crippen LogP contribution in [0.1, 0.15) is 20.7 Å². The minimum atomic E-state index is -1.12. The Morgan fingerprint density at radius 1 is 1.40 bits per heavy atom. The van der Waals surface area contributed by atoms with Crippen molar-refractivity contribution in [1.82, 2.24) is 0 Å². The molecule has 0 atom stereocenters. The Morgan fingerprint density at radius 3 is 2.53 bits per heavy atom. The quantitative estimate of drug-likeness (QED) is 0.581. The zero-order chi connectivity index (χ0) is 11.4. The smallest absolute Gasteiger partial charge is 0.336 e. The molecule has 0 saturated heterocycles. The Balaban J connectivity index is 3.34. The summed E-state index contributed by atoms with van der Waals surface area (Å²) in [7, 11) is 1.69. The maximum absolute atomic E-state index is 11.4. The first-order valence-corrected chi connectivity index (χ1v) is 4.32. The molecule has 0 aliphatic rings. The van der Waals surface area contributed by atoms with Crippen molar-refractivity contribution in [3.63, 3.8) is 0 Å². The summed E-state index contributed by atoms with van der Waals surface area (Å²) in [5.74, 6) is -1.52. The van der Waals surface area contributed by atoms with E-state index in [2.05, 4.69) is 11.9 Å². The van der Waals surface area contributed by atoms with Crippen molar-refractivity contribution < 1.29 is 14.7 Å². The number of nitrogens with one attached hydrogen (secondary N) is 1. The molecule has 0 unspecified atom stereocenters. The number of carboxylic acids is 1. The van der Waals surface area contributed by atoms with E-state index in [1.807, 2.05) is 0 Å². The molecule has 0 radical (unpaired) electrons. The van der Waals surface area contributed by atoms with Gasteiger partial charge in [0.15, 0.2) is 5.78 Å². The van der Waals surface area contributed by atoms with Gasteiger partial charge in [0.2, 0.25) is 0 Å². The lowest BCUT2D eigenvalue weighted by Gasteiger charge is -2.05. The minimum Gasteiger partial charge on any atom is -0.478 e. The number of aromatic carboxylic acids is 1. The third-order valence-electron chi connectivity index (χ3n) is 1.99. The molecule has 0 heterocycles. The van der Waals surface area contributed by atoms with Crippen molar-refractivity contribution in [3.05, 3.63) is 42.0 Å². The van der Waals surface area contributed by atoms with E-state index in [1.54, 1.807) is 13.1 Å². The Kier molecular flexibility index (Phi) is 3.23. The van der Waals surface area contributed by atoms with E-state index >= 15 is 0 Å². The molecule has 0 aliphatic heterocycles. The van der Waals surface area contributed by atoms with E-state index in [-0.39, 0.29) is 11.1 Å². The van der Waals surface area contributed by atoms with Crippen LogP contribution in [0.25, 0.3) is 0 Å². The van der Waals surface area contributed by atoms with E-state index in [4.69, 9.17) is 5.11 Å². The van der Waals surface area contributed by atoms with Gasteiger partial charge in [-0.15, -0.1) is 0 Å². The Bertz CT molecular complexity index is 424. The summed E-state index contributed by atoms with van der Waals surface area (Å²) >= 11 is 0. The number of anilines is 1. The molecule has 78 valence electrons. The predicted octanol–water partition coefficient (Wildman–Crippen LogP) is 1.80. The summed E-state index contributed by atoms with van der Waals surface area (Å²) in [5, 5.41) is 11.7. The summed E-state index contributed by atoms with van der Waals surface area (Å²) in [6.07, 6.45) is 1.10. The van der Waals surface area contributed by atoms with Gasteiger partial charge in [-0.3, -0.25) is 4.79 Å². The van der Waals surface area contributed by atoms with Crippen molar-refractivity contribution in [1.29, 1.82) is 0 Å². The van der Waals surface area contributed by atoms with Gasteiger partial charge >= 0.3 is 5.97 Å². The zero-order valence-electron chi connectivity index (χ0n) is 8.28. The van der Waals surface area contributed by atoms with Gasteiger partial charge in [0.05, 0.1) is 5.56 Å². The summed E-state index contributed by atoms with van der Waals surface area (Å²) in [6, 6.07) is 4.49. The number of carbonyl (C=O) groups is 2. The van der Waals surface area contributed by atoms with E-state index in [0.29, 0.717) is 5.69 Å². The third-order valence-corrected chi connectivity index (χ3v) is 1.99. The van der Waals surface area contributed by atoms with Gasteiger partial charge in [-0.25, -0.2) is 4.79 Å². The number of rotatable bonds is 4. The number of hydrogen-bond donors (Lipinski definition) is 2. The predicted molar refractivity (Wildman–Crippen MR) is 57.5 cm³/mol. The van der Waals surface area contributed by atoms with Crippen LogP contribution in [0.4, 0.5) is 5.69 Å². The zero-order valence-corrected chi connectivity index (χ0v) is 8.28. The van der Waals surface area contributed by atoms with Crippen LogP contribution in [0.2, 0.25) is 0 Å². The Labute approximate surface area is 87.2 Å². The average molecular weight is 205 g/mol. The van der Waals surface area contributed by atoms with Crippen LogP contribution in [-0.2, 0) is 0 Å². The molecular weight excluding hydrogens is 194 g/mol. The fourth-order valence-electron chi connectivity index (χ4n) is 1.20. The van der Waals surface area contributed by atoms with E-state index in [0.717, 1.165) is 6.08 Å². The second-order valence-electron chi connectivity index (χ2n) is 2.88. The van der Waals surface area contributed by atoms with E-state index in [9.17, 15) is 9.59 Å². The van der Waals surface area contributed by atoms with Crippen LogP contribution in [0.15, 0.2) is 30.9 Å². The molecule has 2 N–H and O–H groups in total. The minimum absolute atomic E-state index is 0.0149. The van der Waals surface area contributed by atoms with Gasteiger partial charge in [0.25, 0.3) is 0 Å². The van der Waals surface area contributed by atoms with E-state index < -0.39 is 11.8 Å². The lowest BCUT2D eigenvalue weighted by atomic mass is 10.0. The van der Waals surface area contributed by atoms with Gasteiger partial charge < -0.3 is 10.4 Å². The standard InChI is InChI=1S/C11H11NO3/c1-3-10(13)9-6-7(12-2)4-5-8(9)11(14)15/h3-6,12H,1H2,2H3,(H,14,15). The summed E-state index contributed by atoms with van der Waals surface area (Å²) in [4.78, 5) is 22.2. The molecule has 0 bridgehead atoms. The molecule has 0 amide bonds. The lowest BCUT2D eigenvalue weighted by Crippen LogP contribution is -2.07.